The average Bonchev–Trinajstić information content (AvgIpc) is 3.62. The molecule has 85 heavy (non-hydrogen) atoms. The van der Waals surface area contributed by atoms with Gasteiger partial charge >= 0.3 is 0 Å². The Hall–Kier alpha value is -6.13. The Balaban J connectivity index is 4.32. The van der Waals surface area contributed by atoms with Crippen molar-refractivity contribution in [3.05, 3.63) is 12.2 Å². The number of hydrogen-bond acceptors (Lipinski definition) is 12. The lowest BCUT2D eigenvalue weighted by Crippen LogP contribution is -2.63. The molecule has 1 fully saturated rings. The van der Waals surface area contributed by atoms with Crippen LogP contribution < -0.4 is 21.3 Å². The largest absolute Gasteiger partial charge is 0.390 e. The highest BCUT2D eigenvalue weighted by molar-refractivity contribution is 5.99. The number of aliphatic hydroxyl groups is 1. The van der Waals surface area contributed by atoms with Crippen LogP contribution in [0.4, 0.5) is 0 Å². The minimum atomic E-state index is -1.61. The fourth-order valence-electron chi connectivity index (χ4n) is 10.7. The molecule has 486 valence electrons. The maximum absolute atomic E-state index is 15.1. The zero-order valence-corrected chi connectivity index (χ0v) is 56.1. The number of likely N-dealkylation sites (N-methyl/N-ethyl adjacent to an activating group) is 7. The lowest BCUT2D eigenvalue weighted by Gasteiger charge is -2.41. The first-order valence-corrected chi connectivity index (χ1v) is 30.6. The van der Waals surface area contributed by atoms with E-state index in [4.69, 9.17) is 0 Å². The van der Waals surface area contributed by atoms with Crippen LogP contribution in [0, 0.1) is 41.4 Å². The normalized spacial score (nSPS) is 26.9. The van der Waals surface area contributed by atoms with Crippen molar-refractivity contribution in [3.8, 4) is 0 Å². The van der Waals surface area contributed by atoms with Crippen LogP contribution in [-0.2, 0) is 52.7 Å². The number of aliphatic hydroxyl groups excluding tert-OH is 1. The van der Waals surface area contributed by atoms with E-state index in [0.717, 1.165) is 9.80 Å². The number of nitrogens with zero attached hydrogens (tertiary/aromatic N) is 7. The second-order valence-electron chi connectivity index (χ2n) is 26.1. The number of rotatable bonds is 15. The summed E-state index contributed by atoms with van der Waals surface area (Å²) in [7, 11) is 9.92. The third-order valence-corrected chi connectivity index (χ3v) is 16.1. The molecule has 0 bridgehead atoms. The monoisotopic (exact) mass is 1200 g/mol. The molecule has 23 heteroatoms. The molecule has 0 radical (unpaired) electrons. The molecule has 1 aliphatic heterocycles. The summed E-state index contributed by atoms with van der Waals surface area (Å²) in [6, 6.07) is -12.3. The Bertz CT molecular complexity index is 2330. The first-order chi connectivity index (χ1) is 39.2. The fraction of sp³-hybridized carbons (Fsp3) is 0.790. The summed E-state index contributed by atoms with van der Waals surface area (Å²) in [6.45, 7) is 29.3. The molecule has 0 aromatic rings. The van der Waals surface area contributed by atoms with Crippen LogP contribution in [0.15, 0.2) is 12.2 Å². The first kappa shape index (κ1) is 76.9. The number of nitrogens with one attached hydrogen (secondary N) is 4. The van der Waals surface area contributed by atoms with Gasteiger partial charge in [0.1, 0.15) is 60.4 Å². The predicted molar refractivity (Wildman–Crippen MR) is 328 cm³/mol. The SMILES string of the molecule is C/C=C/C[C@@H](C)[C@@H](O)[C@@H]1C(=O)N[C@@H](CC)C(=O)N(C)CC(=O)N(C)[C@@H](CC(C)C)C(=O)N[C@@H](C(C)C)C(=O)N(C)[C@@H](CC(C)C)C(=O)N[C@@H](C)C(=O)N[C@H](C)C(=O)N(C)[C@@H](CC(C)C)C(=O)N(C)[C@@H](CC(C)C)C(=O)N(C)[C@H](C(C)C)C(=O)N1C. The Morgan fingerprint density at radius 2 is 0.871 bits per heavy atom. The van der Waals surface area contributed by atoms with Gasteiger partial charge < -0.3 is 60.7 Å². The molecule has 1 rings (SSSR count). The highest BCUT2D eigenvalue weighted by atomic mass is 16.3. The topological polar surface area (TPSA) is 279 Å². The van der Waals surface area contributed by atoms with E-state index in [0.29, 0.717) is 6.42 Å². The summed E-state index contributed by atoms with van der Waals surface area (Å²) in [5.41, 5.74) is 0. The van der Waals surface area contributed by atoms with Gasteiger partial charge in [-0.25, -0.2) is 0 Å². The van der Waals surface area contributed by atoms with Crippen molar-refractivity contribution in [2.75, 3.05) is 55.9 Å². The van der Waals surface area contributed by atoms with Crippen molar-refractivity contribution in [2.24, 2.45) is 41.4 Å². The third kappa shape index (κ3) is 21.7. The molecule has 0 saturated carbocycles. The predicted octanol–water partition coefficient (Wildman–Crippen LogP) is 3.27. The molecule has 0 aromatic carbocycles. The zero-order chi connectivity index (χ0) is 66.0. The Morgan fingerprint density at radius 3 is 1.32 bits per heavy atom. The van der Waals surface area contributed by atoms with Gasteiger partial charge in [-0.1, -0.05) is 109 Å². The van der Waals surface area contributed by atoms with E-state index >= 15 is 9.59 Å². The van der Waals surface area contributed by atoms with Crippen LogP contribution in [-0.4, -0.2) is 227 Å². The van der Waals surface area contributed by atoms with E-state index in [9.17, 15) is 48.3 Å². The van der Waals surface area contributed by atoms with Crippen molar-refractivity contribution >= 4 is 65.0 Å². The molecular formula is C62H111N11O12. The molecule has 11 amide bonds. The van der Waals surface area contributed by atoms with Gasteiger partial charge in [0.05, 0.1) is 12.6 Å². The summed E-state index contributed by atoms with van der Waals surface area (Å²) in [4.78, 5) is 169. The second-order valence-corrected chi connectivity index (χ2v) is 26.1. The Morgan fingerprint density at radius 1 is 0.459 bits per heavy atom. The average molecular weight is 1200 g/mol. The van der Waals surface area contributed by atoms with Crippen molar-refractivity contribution in [2.45, 2.75) is 223 Å². The van der Waals surface area contributed by atoms with Crippen LogP contribution in [0.2, 0.25) is 0 Å². The molecule has 12 atom stereocenters. The highest BCUT2D eigenvalue weighted by Gasteiger charge is 2.45. The number of carbonyl (C=O) groups is 11. The van der Waals surface area contributed by atoms with Gasteiger partial charge in [-0.3, -0.25) is 52.7 Å². The Labute approximate surface area is 508 Å². The molecule has 0 aliphatic carbocycles. The third-order valence-electron chi connectivity index (χ3n) is 16.1. The summed E-state index contributed by atoms with van der Waals surface area (Å²) < 4.78 is 0. The molecule has 1 saturated heterocycles. The second kappa shape index (κ2) is 34.9. The van der Waals surface area contributed by atoms with Gasteiger partial charge in [0, 0.05) is 49.3 Å². The maximum atomic E-state index is 15.1. The lowest BCUT2D eigenvalue weighted by molar-refractivity contribution is -0.157. The smallest absolute Gasteiger partial charge is 0.246 e. The van der Waals surface area contributed by atoms with Crippen molar-refractivity contribution in [3.63, 3.8) is 0 Å². The summed E-state index contributed by atoms with van der Waals surface area (Å²) in [5, 5.41) is 23.1. The van der Waals surface area contributed by atoms with Gasteiger partial charge in [0.25, 0.3) is 0 Å². The summed E-state index contributed by atoms with van der Waals surface area (Å²) in [6.07, 6.45) is 3.04. The number of allylic oxidation sites excluding steroid dienone is 2. The molecule has 5 N–H and O–H groups in total. The standard InChI is InChI=1S/C62H111N11O12/c1-25-27-28-40(15)52(75)51-56(79)65-43(26-2)58(81)67(18)33-48(74)68(19)44(29-34(3)4)55(78)66-49(38(11)12)61(84)69(20)45(30-35(5)6)54(77)63-41(16)53(76)64-42(17)57(80)70(21)46(31-36(7)8)59(82)71(22)47(32-37(9)10)60(83)72(23)50(39(13)14)62(85)73(51)24/h25,27,34-47,49-52,75H,26,28-33H2,1-24H3,(H,63,77)(H,64,76)(H,65,79)(H,66,78)/b27-25+/t40-,41+,42-,43+,44+,45+,46+,47+,49+,50-,51-,52-/m1/s1. The van der Waals surface area contributed by atoms with Crippen LogP contribution in [0.25, 0.3) is 0 Å². The van der Waals surface area contributed by atoms with E-state index in [1.807, 2.05) is 61.5 Å². The van der Waals surface area contributed by atoms with Gasteiger partial charge in [-0.05, 0) is 101 Å². The first-order valence-electron chi connectivity index (χ1n) is 30.6. The molecule has 23 nitrogen and oxygen atoms in total. The van der Waals surface area contributed by atoms with Gasteiger partial charge in [-0.15, -0.1) is 0 Å². The van der Waals surface area contributed by atoms with E-state index in [-0.39, 0.29) is 55.8 Å². The number of carbonyl (C=O) groups excluding carboxylic acids is 11. The van der Waals surface area contributed by atoms with Gasteiger partial charge in [-0.2, -0.15) is 0 Å². The number of hydrogen-bond donors (Lipinski definition) is 5. The maximum Gasteiger partial charge on any atom is 0.246 e. The van der Waals surface area contributed by atoms with E-state index in [1.54, 1.807) is 54.5 Å². The van der Waals surface area contributed by atoms with Gasteiger partial charge in [0.2, 0.25) is 65.0 Å². The van der Waals surface area contributed by atoms with Crippen molar-refractivity contribution < 1.29 is 57.8 Å². The molecule has 1 aliphatic rings. The number of amides is 11. The quantitative estimate of drug-likeness (QED) is 0.148. The van der Waals surface area contributed by atoms with E-state index < -0.39 is 156 Å². The van der Waals surface area contributed by atoms with Crippen molar-refractivity contribution in [1.29, 1.82) is 0 Å². The molecule has 0 aromatic heterocycles. The van der Waals surface area contributed by atoms with E-state index in [2.05, 4.69) is 21.3 Å². The van der Waals surface area contributed by atoms with Crippen LogP contribution in [0.3, 0.4) is 0 Å². The molecule has 0 unspecified atom stereocenters. The zero-order valence-electron chi connectivity index (χ0n) is 56.1. The van der Waals surface area contributed by atoms with Crippen LogP contribution in [0.1, 0.15) is 156 Å². The van der Waals surface area contributed by atoms with E-state index in [1.165, 1.54) is 87.7 Å². The van der Waals surface area contributed by atoms with Crippen molar-refractivity contribution in [1.82, 2.24) is 55.6 Å². The molecular weight excluding hydrogens is 1090 g/mol. The van der Waals surface area contributed by atoms with Crippen LogP contribution in [0.5, 0.6) is 0 Å². The minimum Gasteiger partial charge on any atom is -0.390 e. The fourth-order valence-corrected chi connectivity index (χ4v) is 10.7. The van der Waals surface area contributed by atoms with Crippen LogP contribution >= 0.6 is 0 Å². The minimum absolute atomic E-state index is 0.0229. The summed E-state index contributed by atoms with van der Waals surface area (Å²) in [5.74, 6) is -9.71. The summed E-state index contributed by atoms with van der Waals surface area (Å²) >= 11 is 0. The molecule has 0 spiro atoms. The Kier molecular flexibility index (Phi) is 31.5. The molecule has 1 heterocycles. The highest BCUT2D eigenvalue weighted by Crippen LogP contribution is 2.26. The lowest BCUT2D eigenvalue weighted by atomic mass is 9.91. The van der Waals surface area contributed by atoms with Gasteiger partial charge in [0.15, 0.2) is 0 Å².